The first-order valence-electron chi connectivity index (χ1n) is 10.0. The number of nitriles is 1. The number of nitrogens with one attached hydrogen (secondary N) is 1. The first-order chi connectivity index (χ1) is 15.0. The normalized spacial score (nSPS) is 12.4. The van der Waals surface area contributed by atoms with E-state index in [9.17, 15) is 4.79 Å². The molecule has 1 aromatic carbocycles. The summed E-state index contributed by atoms with van der Waals surface area (Å²) in [5.41, 5.74) is 6.28. The van der Waals surface area contributed by atoms with E-state index in [1.54, 1.807) is 24.2 Å². The van der Waals surface area contributed by atoms with Crippen LogP contribution in [0.25, 0.3) is 5.82 Å². The minimum absolute atomic E-state index is 0.237. The number of nitrogens with zero attached hydrogens (tertiary/aromatic N) is 4. The number of cyclic esters (lactones) is 1. The van der Waals surface area contributed by atoms with Gasteiger partial charge in [0.2, 0.25) is 5.88 Å². The number of hydrogen-bond donors (Lipinski definition) is 1. The van der Waals surface area contributed by atoms with Gasteiger partial charge in [-0.25, -0.2) is 9.78 Å². The van der Waals surface area contributed by atoms with Crippen LogP contribution in [0.5, 0.6) is 5.88 Å². The maximum atomic E-state index is 11.7. The van der Waals surface area contributed by atoms with Crippen LogP contribution in [-0.4, -0.2) is 34.4 Å². The Hall–Kier alpha value is -3.70. The number of fused-ring (bicyclic) bond motifs is 1. The van der Waals surface area contributed by atoms with Gasteiger partial charge in [0.1, 0.15) is 12.7 Å². The van der Waals surface area contributed by atoms with Gasteiger partial charge in [0.25, 0.3) is 0 Å². The Morgan fingerprint density at radius 1 is 1.29 bits per heavy atom. The largest absolute Gasteiger partial charge is 0.481 e. The summed E-state index contributed by atoms with van der Waals surface area (Å²) in [4.78, 5) is 16.0. The van der Waals surface area contributed by atoms with Gasteiger partial charge in [-0.1, -0.05) is 6.07 Å². The first kappa shape index (κ1) is 20.6. The number of carbonyl (C=O) groups excluding carboxylic acids is 1. The van der Waals surface area contributed by atoms with Crippen LogP contribution in [0.15, 0.2) is 30.6 Å². The highest BCUT2D eigenvalue weighted by atomic mass is 16.5. The molecule has 3 aromatic rings. The summed E-state index contributed by atoms with van der Waals surface area (Å²) < 4.78 is 12.3. The molecule has 0 bridgehead atoms. The average Bonchev–Trinajstić information content (AvgIpc) is 3.36. The van der Waals surface area contributed by atoms with Crippen LogP contribution in [0.4, 0.5) is 0 Å². The monoisotopic (exact) mass is 417 g/mol. The molecule has 158 valence electrons. The van der Waals surface area contributed by atoms with Gasteiger partial charge in [-0.2, -0.15) is 15.0 Å². The number of aromatic nitrogens is 3. The topological polar surface area (TPSA) is 102 Å². The van der Waals surface area contributed by atoms with E-state index in [1.807, 2.05) is 32.0 Å². The fourth-order valence-electron chi connectivity index (χ4n) is 3.76. The van der Waals surface area contributed by atoms with Crippen LogP contribution in [0.1, 0.15) is 43.7 Å². The Labute approximate surface area is 180 Å². The van der Waals surface area contributed by atoms with Crippen molar-refractivity contribution < 1.29 is 14.3 Å². The van der Waals surface area contributed by atoms with Gasteiger partial charge in [-0.3, -0.25) is 0 Å². The Morgan fingerprint density at radius 3 is 2.87 bits per heavy atom. The van der Waals surface area contributed by atoms with E-state index in [2.05, 4.69) is 21.5 Å². The Bertz CT molecular complexity index is 1190. The molecule has 1 aliphatic rings. The lowest BCUT2D eigenvalue weighted by Crippen LogP contribution is -2.17. The number of hydrogen-bond acceptors (Lipinski definition) is 7. The summed E-state index contributed by atoms with van der Waals surface area (Å²) >= 11 is 0. The predicted octanol–water partition coefficient (Wildman–Crippen LogP) is 2.77. The second-order valence-electron chi connectivity index (χ2n) is 7.44. The molecular formula is C23H23N5O3. The summed E-state index contributed by atoms with van der Waals surface area (Å²) in [7, 11) is 1.60. The molecule has 8 heteroatoms. The third-order valence-corrected chi connectivity index (χ3v) is 5.59. The van der Waals surface area contributed by atoms with Crippen molar-refractivity contribution in [3.8, 4) is 17.8 Å². The van der Waals surface area contributed by atoms with Crippen molar-refractivity contribution in [1.29, 1.82) is 5.26 Å². The van der Waals surface area contributed by atoms with Crippen molar-refractivity contribution in [2.24, 2.45) is 0 Å². The third kappa shape index (κ3) is 3.88. The summed E-state index contributed by atoms with van der Waals surface area (Å²) in [5.74, 6) is 0.970. The van der Waals surface area contributed by atoms with Crippen LogP contribution in [0, 0.1) is 25.2 Å². The maximum absolute atomic E-state index is 11.7. The van der Waals surface area contributed by atoms with Gasteiger partial charge in [0, 0.05) is 23.9 Å². The van der Waals surface area contributed by atoms with E-state index in [0.29, 0.717) is 36.0 Å². The summed E-state index contributed by atoms with van der Waals surface area (Å²) in [6.07, 6.45) is 4.13. The fraction of sp³-hybridized carbons (Fsp3) is 0.304. The number of pyridine rings is 1. The Balaban J connectivity index is 1.42. The molecule has 8 nitrogen and oxygen atoms in total. The van der Waals surface area contributed by atoms with Crippen molar-refractivity contribution in [2.75, 3.05) is 13.7 Å². The van der Waals surface area contributed by atoms with Crippen molar-refractivity contribution in [2.45, 2.75) is 33.4 Å². The quantitative estimate of drug-likeness (QED) is 0.466. The van der Waals surface area contributed by atoms with E-state index in [-0.39, 0.29) is 5.97 Å². The first-order valence-corrected chi connectivity index (χ1v) is 10.0. The molecule has 1 N–H and O–H groups in total. The molecule has 0 saturated carbocycles. The average molecular weight is 417 g/mol. The minimum Gasteiger partial charge on any atom is -0.481 e. The number of aryl methyl sites for hydroxylation is 1. The van der Waals surface area contributed by atoms with Crippen molar-refractivity contribution in [3.63, 3.8) is 0 Å². The molecule has 0 fully saturated rings. The van der Waals surface area contributed by atoms with Gasteiger partial charge >= 0.3 is 5.97 Å². The number of benzene rings is 1. The minimum atomic E-state index is -0.237. The van der Waals surface area contributed by atoms with Gasteiger partial charge < -0.3 is 14.8 Å². The second kappa shape index (κ2) is 8.58. The Kier molecular flexibility index (Phi) is 5.69. The molecule has 0 radical (unpaired) electrons. The summed E-state index contributed by atoms with van der Waals surface area (Å²) in [5, 5.41) is 16.9. The number of methoxy groups -OCH3 is 1. The molecule has 0 atom stereocenters. The molecule has 0 aliphatic carbocycles. The van der Waals surface area contributed by atoms with Crippen LogP contribution in [0.2, 0.25) is 0 Å². The number of ether oxygens (including phenoxy) is 2. The molecule has 1 aliphatic heterocycles. The standard InChI is InChI=1S/C23H23N5O3/c1-14-8-21(26-11-17(14)9-24)28-22(30-3)18(12-27-28)10-25-7-6-16-4-5-19-20(15(16)2)13-31-23(19)29/h4-5,8,11-12,25H,6-7,10,13H2,1-3H3. The fourth-order valence-corrected chi connectivity index (χ4v) is 3.76. The van der Waals surface area contributed by atoms with Gasteiger partial charge in [-0.15, -0.1) is 0 Å². The Morgan fingerprint density at radius 2 is 2.13 bits per heavy atom. The van der Waals surface area contributed by atoms with Crippen molar-refractivity contribution in [3.05, 3.63) is 69.5 Å². The third-order valence-electron chi connectivity index (χ3n) is 5.59. The number of rotatable bonds is 7. The van der Waals surface area contributed by atoms with E-state index in [4.69, 9.17) is 14.7 Å². The zero-order chi connectivity index (χ0) is 22.0. The lowest BCUT2D eigenvalue weighted by molar-refractivity contribution is 0.0535. The molecule has 2 aromatic heterocycles. The van der Waals surface area contributed by atoms with Gasteiger partial charge in [-0.05, 0) is 55.6 Å². The summed E-state index contributed by atoms with van der Waals surface area (Å²) in [6, 6.07) is 7.79. The van der Waals surface area contributed by atoms with E-state index in [0.717, 1.165) is 35.2 Å². The number of carbonyl (C=O) groups is 1. The maximum Gasteiger partial charge on any atom is 0.338 e. The highest BCUT2D eigenvalue weighted by molar-refractivity contribution is 5.93. The predicted molar refractivity (Wildman–Crippen MR) is 113 cm³/mol. The second-order valence-corrected chi connectivity index (χ2v) is 7.44. The van der Waals surface area contributed by atoms with Gasteiger partial charge in [0.05, 0.1) is 24.4 Å². The molecule has 31 heavy (non-hydrogen) atoms. The molecule has 0 amide bonds. The molecule has 0 saturated heterocycles. The molecule has 0 spiro atoms. The van der Waals surface area contributed by atoms with Crippen molar-refractivity contribution in [1.82, 2.24) is 20.1 Å². The summed E-state index contributed by atoms with van der Waals surface area (Å²) in [6.45, 7) is 5.61. The van der Waals surface area contributed by atoms with Gasteiger partial charge in [0.15, 0.2) is 5.82 Å². The van der Waals surface area contributed by atoms with Crippen LogP contribution >= 0.6 is 0 Å². The SMILES string of the molecule is COc1c(CNCCc2ccc3c(c2C)COC3=O)cnn1-c1cc(C)c(C#N)cn1. The van der Waals surface area contributed by atoms with Crippen molar-refractivity contribution >= 4 is 5.97 Å². The molecular weight excluding hydrogens is 394 g/mol. The molecule has 4 rings (SSSR count). The zero-order valence-corrected chi connectivity index (χ0v) is 17.7. The highest BCUT2D eigenvalue weighted by Crippen LogP contribution is 2.26. The zero-order valence-electron chi connectivity index (χ0n) is 17.7. The lowest BCUT2D eigenvalue weighted by Gasteiger charge is -2.11. The van der Waals surface area contributed by atoms with E-state index in [1.165, 1.54) is 5.56 Å². The van der Waals surface area contributed by atoms with Crippen LogP contribution < -0.4 is 10.1 Å². The molecule has 3 heterocycles. The number of esters is 1. The van der Waals surface area contributed by atoms with Crippen LogP contribution in [-0.2, 0) is 24.3 Å². The lowest BCUT2D eigenvalue weighted by atomic mass is 9.97. The highest BCUT2D eigenvalue weighted by Gasteiger charge is 2.23. The molecule has 0 unspecified atom stereocenters. The van der Waals surface area contributed by atoms with Crippen LogP contribution in [0.3, 0.4) is 0 Å². The van der Waals surface area contributed by atoms with E-state index < -0.39 is 0 Å². The smallest absolute Gasteiger partial charge is 0.338 e. The van der Waals surface area contributed by atoms with E-state index >= 15 is 0 Å².